The highest BCUT2D eigenvalue weighted by Gasteiger charge is 2.38. The molecule has 2 fully saturated rings. The van der Waals surface area contributed by atoms with Gasteiger partial charge in [-0.15, -0.1) is 11.3 Å². The van der Waals surface area contributed by atoms with E-state index in [0.29, 0.717) is 20.8 Å². The number of carbonyl (C=O) groups is 1. The van der Waals surface area contributed by atoms with Gasteiger partial charge < -0.3 is 0 Å². The van der Waals surface area contributed by atoms with E-state index in [2.05, 4.69) is 10.5 Å². The first-order valence-electron chi connectivity index (χ1n) is 7.83. The van der Waals surface area contributed by atoms with Crippen molar-refractivity contribution in [3.63, 3.8) is 0 Å². The number of halogens is 2. The molecule has 4 rings (SSSR count). The van der Waals surface area contributed by atoms with Crippen LogP contribution in [0.3, 0.4) is 0 Å². The highest BCUT2D eigenvalue weighted by molar-refractivity contribution is 7.21. The zero-order valence-corrected chi connectivity index (χ0v) is 14.7. The third-order valence-corrected chi connectivity index (χ3v) is 6.91. The Morgan fingerprint density at radius 3 is 2.91 bits per heavy atom. The van der Waals surface area contributed by atoms with E-state index in [1.165, 1.54) is 37.0 Å². The minimum atomic E-state index is -0.258. The topological polar surface area (TPSA) is 41.5 Å². The number of hydrogen-bond acceptors (Lipinski definition) is 3. The number of nitrogens with zero attached hydrogens (tertiary/aromatic N) is 1. The average Bonchev–Trinajstić information content (AvgIpc) is 3.22. The van der Waals surface area contributed by atoms with E-state index >= 15 is 0 Å². The standard InChI is InChI=1S/C17H16Cl2N2OS/c18-12-3-4-13-14(7-12)23-16(15(13)19)17(22)21-20-8-11-6-9-1-2-10(11)5-9/h3-4,7-11H,1-2,5-6H2,(H,21,22). The Labute approximate surface area is 148 Å². The molecule has 3 unspecified atom stereocenters. The molecular formula is C17H16Cl2N2OS. The maximum Gasteiger partial charge on any atom is 0.282 e. The fourth-order valence-corrected chi connectivity index (χ4v) is 5.59. The summed E-state index contributed by atoms with van der Waals surface area (Å²) in [6.07, 6.45) is 7.12. The lowest BCUT2D eigenvalue weighted by Crippen LogP contribution is -2.19. The quantitative estimate of drug-likeness (QED) is 0.576. The maximum atomic E-state index is 12.3. The lowest BCUT2D eigenvalue weighted by molar-refractivity contribution is 0.0959. The van der Waals surface area contributed by atoms with Crippen molar-refractivity contribution >= 4 is 56.7 Å². The van der Waals surface area contributed by atoms with Crippen LogP contribution in [-0.2, 0) is 0 Å². The van der Waals surface area contributed by atoms with E-state index in [1.54, 1.807) is 6.07 Å². The lowest BCUT2D eigenvalue weighted by atomic mass is 9.90. The molecule has 0 aliphatic heterocycles. The van der Waals surface area contributed by atoms with Crippen molar-refractivity contribution < 1.29 is 4.79 Å². The zero-order chi connectivity index (χ0) is 16.0. The van der Waals surface area contributed by atoms with E-state index in [1.807, 2.05) is 18.3 Å². The largest absolute Gasteiger partial charge is 0.282 e. The molecule has 0 radical (unpaired) electrons. The van der Waals surface area contributed by atoms with Gasteiger partial charge in [0.15, 0.2) is 0 Å². The van der Waals surface area contributed by atoms with E-state index in [0.717, 1.165) is 21.9 Å². The summed E-state index contributed by atoms with van der Waals surface area (Å²) in [5.41, 5.74) is 2.63. The Hall–Kier alpha value is -1.10. The third-order valence-electron chi connectivity index (χ3n) is 5.02. The van der Waals surface area contributed by atoms with Crippen LogP contribution in [0.1, 0.15) is 35.4 Å². The Morgan fingerprint density at radius 1 is 1.30 bits per heavy atom. The second-order valence-corrected chi connectivity index (χ2v) is 8.31. The predicted octanol–water partition coefficient (Wildman–Crippen LogP) is 5.36. The van der Waals surface area contributed by atoms with Gasteiger partial charge in [0.05, 0.1) is 5.02 Å². The van der Waals surface area contributed by atoms with Crippen molar-refractivity contribution in [2.75, 3.05) is 0 Å². The number of hydrazone groups is 1. The molecule has 0 spiro atoms. The van der Waals surface area contributed by atoms with Crippen molar-refractivity contribution in [1.29, 1.82) is 0 Å². The van der Waals surface area contributed by atoms with Crippen molar-refractivity contribution in [2.45, 2.75) is 25.7 Å². The van der Waals surface area contributed by atoms with Crippen LogP contribution in [0, 0.1) is 17.8 Å². The molecule has 1 heterocycles. The highest BCUT2D eigenvalue weighted by Crippen LogP contribution is 2.47. The highest BCUT2D eigenvalue weighted by atomic mass is 35.5. The fourth-order valence-electron chi connectivity index (χ4n) is 3.90. The summed E-state index contributed by atoms with van der Waals surface area (Å²) in [6, 6.07) is 5.44. The zero-order valence-electron chi connectivity index (χ0n) is 12.4. The van der Waals surface area contributed by atoms with E-state index in [9.17, 15) is 4.79 Å². The Bertz CT molecular complexity index is 801. The van der Waals surface area contributed by atoms with E-state index in [-0.39, 0.29) is 5.91 Å². The molecule has 2 saturated carbocycles. The summed E-state index contributed by atoms with van der Waals surface area (Å²) in [5.74, 6) is 1.89. The minimum Gasteiger partial charge on any atom is -0.266 e. The molecule has 120 valence electrons. The van der Waals surface area contributed by atoms with Gasteiger partial charge in [-0.25, -0.2) is 5.43 Å². The third kappa shape index (κ3) is 2.88. The molecule has 1 N–H and O–H groups in total. The van der Waals surface area contributed by atoms with Gasteiger partial charge in [0.1, 0.15) is 4.88 Å². The molecule has 3 nitrogen and oxygen atoms in total. The van der Waals surface area contributed by atoms with Gasteiger partial charge in [-0.2, -0.15) is 5.10 Å². The predicted molar refractivity (Wildman–Crippen MR) is 96.7 cm³/mol. The average molecular weight is 367 g/mol. The van der Waals surface area contributed by atoms with Crippen LogP contribution in [-0.4, -0.2) is 12.1 Å². The van der Waals surface area contributed by atoms with Gasteiger partial charge in [-0.3, -0.25) is 4.79 Å². The van der Waals surface area contributed by atoms with Crippen molar-refractivity contribution in [3.05, 3.63) is 33.1 Å². The number of amides is 1. The molecule has 6 heteroatoms. The summed E-state index contributed by atoms with van der Waals surface area (Å²) in [7, 11) is 0. The van der Waals surface area contributed by atoms with Gasteiger partial charge in [-0.05, 0) is 49.1 Å². The summed E-state index contributed by atoms with van der Waals surface area (Å²) >= 11 is 13.6. The molecule has 1 aromatic heterocycles. The van der Waals surface area contributed by atoms with Crippen LogP contribution in [0.25, 0.3) is 10.1 Å². The number of fused-ring (bicyclic) bond motifs is 3. The van der Waals surface area contributed by atoms with Gasteiger partial charge in [0.2, 0.25) is 0 Å². The molecule has 3 atom stereocenters. The second-order valence-electron chi connectivity index (χ2n) is 6.44. The minimum absolute atomic E-state index is 0.258. The van der Waals surface area contributed by atoms with Crippen LogP contribution in [0.5, 0.6) is 0 Å². The number of nitrogens with one attached hydrogen (secondary N) is 1. The molecule has 1 aromatic carbocycles. The summed E-state index contributed by atoms with van der Waals surface area (Å²) in [6.45, 7) is 0. The van der Waals surface area contributed by atoms with Gasteiger partial charge in [-0.1, -0.05) is 35.7 Å². The fraction of sp³-hybridized carbons (Fsp3) is 0.412. The number of hydrogen-bond donors (Lipinski definition) is 1. The van der Waals surface area contributed by atoms with Crippen molar-refractivity contribution in [2.24, 2.45) is 22.9 Å². The SMILES string of the molecule is O=C(NN=CC1CC2CCC1C2)c1sc2cc(Cl)ccc2c1Cl. The number of thiophene rings is 1. The van der Waals surface area contributed by atoms with Crippen molar-refractivity contribution in [1.82, 2.24) is 5.43 Å². The van der Waals surface area contributed by atoms with E-state index in [4.69, 9.17) is 23.2 Å². The van der Waals surface area contributed by atoms with E-state index < -0.39 is 0 Å². The van der Waals surface area contributed by atoms with Crippen LogP contribution < -0.4 is 5.43 Å². The molecule has 2 bridgehead atoms. The molecule has 2 aromatic rings. The first-order valence-corrected chi connectivity index (χ1v) is 9.40. The van der Waals surface area contributed by atoms with Crippen LogP contribution in [0.15, 0.2) is 23.3 Å². The van der Waals surface area contributed by atoms with Crippen molar-refractivity contribution in [3.8, 4) is 0 Å². The molecular weight excluding hydrogens is 351 g/mol. The Kier molecular flexibility index (Phi) is 4.08. The number of rotatable bonds is 3. The first-order chi connectivity index (χ1) is 11.1. The van der Waals surface area contributed by atoms with Crippen LogP contribution in [0.4, 0.5) is 0 Å². The maximum absolute atomic E-state index is 12.3. The molecule has 1 amide bonds. The number of carbonyl (C=O) groups excluding carboxylic acids is 1. The molecule has 2 aliphatic rings. The monoisotopic (exact) mass is 366 g/mol. The lowest BCUT2D eigenvalue weighted by Gasteiger charge is -2.16. The summed E-state index contributed by atoms with van der Waals surface area (Å²) in [4.78, 5) is 12.8. The number of benzene rings is 1. The van der Waals surface area contributed by atoms with Crippen LogP contribution in [0.2, 0.25) is 10.0 Å². The Balaban J connectivity index is 1.48. The van der Waals surface area contributed by atoms with Gasteiger partial charge >= 0.3 is 0 Å². The van der Waals surface area contributed by atoms with Gasteiger partial charge in [0, 0.05) is 21.3 Å². The smallest absolute Gasteiger partial charge is 0.266 e. The second kappa shape index (κ2) is 6.08. The summed E-state index contributed by atoms with van der Waals surface area (Å²) < 4.78 is 0.907. The first kappa shape index (κ1) is 15.4. The van der Waals surface area contributed by atoms with Crippen LogP contribution >= 0.6 is 34.5 Å². The Morgan fingerprint density at radius 2 is 2.17 bits per heavy atom. The molecule has 23 heavy (non-hydrogen) atoms. The molecule has 0 saturated heterocycles. The summed E-state index contributed by atoms with van der Waals surface area (Å²) in [5, 5.41) is 6.13. The molecule has 2 aliphatic carbocycles. The normalized spacial score (nSPS) is 26.4. The van der Waals surface area contributed by atoms with Gasteiger partial charge in [0.25, 0.3) is 5.91 Å².